The molecule has 1 aromatic carbocycles. The van der Waals surface area contributed by atoms with Crippen molar-refractivity contribution in [3.8, 4) is 11.5 Å². The molecule has 0 aromatic heterocycles. The highest BCUT2D eigenvalue weighted by Crippen LogP contribution is 2.38. The van der Waals surface area contributed by atoms with E-state index in [1.807, 2.05) is 0 Å². The highest BCUT2D eigenvalue weighted by atomic mass is 16.6. The summed E-state index contributed by atoms with van der Waals surface area (Å²) in [6.45, 7) is 2.01. The Hall–Kier alpha value is -1.86. The van der Waals surface area contributed by atoms with Crippen LogP contribution in [0.15, 0.2) is 12.1 Å². The van der Waals surface area contributed by atoms with E-state index in [2.05, 4.69) is 4.84 Å². The van der Waals surface area contributed by atoms with Crippen LogP contribution in [0.2, 0.25) is 0 Å². The highest BCUT2D eigenvalue weighted by Gasteiger charge is 2.21. The second-order valence-corrected chi connectivity index (χ2v) is 3.58. The highest BCUT2D eigenvalue weighted by molar-refractivity contribution is 5.57. The first-order valence-electron chi connectivity index (χ1n) is 4.88. The summed E-state index contributed by atoms with van der Waals surface area (Å²) in [5, 5.41) is 20.3. The van der Waals surface area contributed by atoms with Crippen LogP contribution in [0.5, 0.6) is 11.5 Å². The molecule has 0 spiro atoms. The first-order valence-corrected chi connectivity index (χ1v) is 4.88. The summed E-state index contributed by atoms with van der Waals surface area (Å²) >= 11 is 0. The zero-order valence-corrected chi connectivity index (χ0v) is 9.54. The number of aromatic hydroxyl groups is 1. The molecule has 0 radical (unpaired) electrons. The largest absolute Gasteiger partial charge is 0.500 e. The number of nitro groups is 1. The maximum atomic E-state index is 10.8. The summed E-state index contributed by atoms with van der Waals surface area (Å²) in [4.78, 5) is 14.6. The molecule has 0 aliphatic carbocycles. The molecular formula is C10H14N2O5. The van der Waals surface area contributed by atoms with E-state index < -0.39 is 16.4 Å². The molecule has 94 valence electrons. The van der Waals surface area contributed by atoms with Gasteiger partial charge in [0, 0.05) is 12.0 Å². The number of rotatable bonds is 5. The van der Waals surface area contributed by atoms with Crippen molar-refractivity contribution in [1.29, 1.82) is 0 Å². The molecular weight excluding hydrogens is 228 g/mol. The van der Waals surface area contributed by atoms with E-state index in [1.165, 1.54) is 19.2 Å². The monoisotopic (exact) mass is 242 g/mol. The van der Waals surface area contributed by atoms with E-state index in [0.29, 0.717) is 5.56 Å². The number of methoxy groups -OCH3 is 1. The Labute approximate surface area is 97.9 Å². The molecule has 7 heteroatoms. The number of nitrogens with two attached hydrogens (primary N) is 1. The molecule has 1 unspecified atom stereocenters. The van der Waals surface area contributed by atoms with Gasteiger partial charge in [-0.2, -0.15) is 0 Å². The minimum Gasteiger partial charge on any atom is -0.500 e. The zero-order valence-electron chi connectivity index (χ0n) is 9.54. The van der Waals surface area contributed by atoms with E-state index in [1.54, 1.807) is 6.92 Å². The fraction of sp³-hybridized carbons (Fsp3) is 0.400. The molecule has 1 atom stereocenters. The normalized spacial score (nSPS) is 12.2. The van der Waals surface area contributed by atoms with Crippen LogP contribution in [0.3, 0.4) is 0 Å². The standard InChI is InChI=1S/C10H14N2O5/c1-6(5-17-11)7-3-8(12(14)15)10(13)9(4-7)16-2/h3-4,6,13H,5,11H2,1-2H3. The molecule has 0 saturated carbocycles. The fourth-order valence-electron chi connectivity index (χ4n) is 1.43. The molecule has 0 heterocycles. The Morgan fingerprint density at radius 2 is 2.24 bits per heavy atom. The summed E-state index contributed by atoms with van der Waals surface area (Å²) < 4.78 is 4.88. The number of hydrogen-bond donors (Lipinski definition) is 2. The molecule has 0 aliphatic heterocycles. The number of nitro benzene ring substituents is 1. The molecule has 1 aromatic rings. The molecule has 0 fully saturated rings. The summed E-state index contributed by atoms with van der Waals surface area (Å²) in [7, 11) is 1.33. The SMILES string of the molecule is COc1cc(C(C)CON)cc([N+](=O)[O-])c1O. The lowest BCUT2D eigenvalue weighted by Gasteiger charge is -2.12. The van der Waals surface area contributed by atoms with Crippen LogP contribution >= 0.6 is 0 Å². The van der Waals surface area contributed by atoms with Crippen LogP contribution in [-0.4, -0.2) is 23.7 Å². The van der Waals surface area contributed by atoms with Gasteiger partial charge in [0.25, 0.3) is 0 Å². The summed E-state index contributed by atoms with van der Waals surface area (Å²) in [6.07, 6.45) is 0. The van der Waals surface area contributed by atoms with Gasteiger partial charge in [0.1, 0.15) is 0 Å². The quantitative estimate of drug-likeness (QED) is 0.595. The van der Waals surface area contributed by atoms with Crippen molar-refractivity contribution >= 4 is 5.69 Å². The fourth-order valence-corrected chi connectivity index (χ4v) is 1.43. The van der Waals surface area contributed by atoms with Crippen molar-refractivity contribution in [3.63, 3.8) is 0 Å². The third-order valence-corrected chi connectivity index (χ3v) is 2.41. The van der Waals surface area contributed by atoms with Gasteiger partial charge in [-0.1, -0.05) is 6.92 Å². The van der Waals surface area contributed by atoms with Crippen molar-refractivity contribution in [1.82, 2.24) is 0 Å². The first-order chi connectivity index (χ1) is 8.01. The van der Waals surface area contributed by atoms with E-state index in [-0.39, 0.29) is 18.3 Å². The van der Waals surface area contributed by atoms with Gasteiger partial charge in [0.15, 0.2) is 5.75 Å². The van der Waals surface area contributed by atoms with Crippen molar-refractivity contribution in [2.24, 2.45) is 5.90 Å². The summed E-state index contributed by atoms with van der Waals surface area (Å²) in [5.41, 5.74) is 0.208. The number of phenols is 1. The third kappa shape index (κ3) is 2.83. The van der Waals surface area contributed by atoms with Crippen molar-refractivity contribution < 1.29 is 19.6 Å². The molecule has 0 amide bonds. The van der Waals surface area contributed by atoms with Gasteiger partial charge < -0.3 is 14.7 Å². The van der Waals surface area contributed by atoms with E-state index in [9.17, 15) is 15.2 Å². The maximum absolute atomic E-state index is 10.8. The Kier molecular flexibility index (Phi) is 4.24. The molecule has 17 heavy (non-hydrogen) atoms. The molecule has 0 bridgehead atoms. The molecule has 0 aliphatic rings. The number of nitrogens with zero attached hydrogens (tertiary/aromatic N) is 1. The van der Waals surface area contributed by atoms with E-state index in [4.69, 9.17) is 10.6 Å². The van der Waals surface area contributed by atoms with E-state index in [0.717, 1.165) is 0 Å². The predicted octanol–water partition coefficient (Wildman–Crippen LogP) is 1.30. The van der Waals surface area contributed by atoms with Gasteiger partial charge in [0.2, 0.25) is 5.75 Å². The predicted molar refractivity (Wildman–Crippen MR) is 59.9 cm³/mol. The molecule has 7 nitrogen and oxygen atoms in total. The minimum atomic E-state index is -0.669. The first kappa shape index (κ1) is 13.2. The van der Waals surface area contributed by atoms with Crippen LogP contribution < -0.4 is 10.6 Å². The molecule has 3 N–H and O–H groups in total. The third-order valence-electron chi connectivity index (χ3n) is 2.41. The Bertz CT molecular complexity index is 421. The van der Waals surface area contributed by atoms with Crippen molar-refractivity contribution in [2.45, 2.75) is 12.8 Å². The summed E-state index contributed by atoms with van der Waals surface area (Å²) in [5.74, 6) is 4.38. The van der Waals surface area contributed by atoms with Gasteiger partial charge in [-0.05, 0) is 11.6 Å². The molecule has 0 saturated heterocycles. The van der Waals surface area contributed by atoms with Gasteiger partial charge in [-0.25, -0.2) is 5.90 Å². The Morgan fingerprint density at radius 1 is 1.59 bits per heavy atom. The topological polar surface area (TPSA) is 108 Å². The van der Waals surface area contributed by atoms with Crippen LogP contribution in [0, 0.1) is 10.1 Å². The minimum absolute atomic E-state index is 0.0538. The van der Waals surface area contributed by atoms with Gasteiger partial charge in [-0.15, -0.1) is 0 Å². The Morgan fingerprint density at radius 3 is 2.71 bits per heavy atom. The van der Waals surface area contributed by atoms with Gasteiger partial charge >= 0.3 is 5.69 Å². The maximum Gasteiger partial charge on any atom is 0.314 e. The number of ether oxygens (including phenoxy) is 1. The van der Waals surface area contributed by atoms with E-state index >= 15 is 0 Å². The van der Waals surface area contributed by atoms with Gasteiger partial charge in [0.05, 0.1) is 18.6 Å². The average molecular weight is 242 g/mol. The van der Waals surface area contributed by atoms with Crippen molar-refractivity contribution in [3.05, 3.63) is 27.8 Å². The van der Waals surface area contributed by atoms with Crippen LogP contribution in [0.25, 0.3) is 0 Å². The second-order valence-electron chi connectivity index (χ2n) is 3.58. The zero-order chi connectivity index (χ0) is 13.0. The lowest BCUT2D eigenvalue weighted by Crippen LogP contribution is -2.09. The summed E-state index contributed by atoms with van der Waals surface area (Å²) in [6, 6.07) is 2.80. The Balaban J connectivity index is 3.24. The van der Waals surface area contributed by atoms with Crippen LogP contribution in [0.1, 0.15) is 18.4 Å². The van der Waals surface area contributed by atoms with Crippen molar-refractivity contribution in [2.75, 3.05) is 13.7 Å². The smallest absolute Gasteiger partial charge is 0.314 e. The average Bonchev–Trinajstić information content (AvgIpc) is 2.29. The van der Waals surface area contributed by atoms with Crippen LogP contribution in [-0.2, 0) is 4.84 Å². The van der Waals surface area contributed by atoms with Crippen LogP contribution in [0.4, 0.5) is 5.69 Å². The number of benzene rings is 1. The van der Waals surface area contributed by atoms with Gasteiger partial charge in [-0.3, -0.25) is 10.1 Å². The number of phenolic OH excluding ortho intramolecular Hbond substituents is 1. The second kappa shape index (κ2) is 5.46. The molecule has 1 rings (SSSR count). The lowest BCUT2D eigenvalue weighted by molar-refractivity contribution is -0.386. The number of hydrogen-bond acceptors (Lipinski definition) is 6. The lowest BCUT2D eigenvalue weighted by atomic mass is 10.0.